The van der Waals surface area contributed by atoms with Crippen LogP contribution in [0, 0.1) is 0 Å². The van der Waals surface area contributed by atoms with Gasteiger partial charge < -0.3 is 8.92 Å². The van der Waals surface area contributed by atoms with Crippen LogP contribution in [0.15, 0.2) is 41.2 Å². The second-order valence-corrected chi connectivity index (χ2v) is 8.95. The van der Waals surface area contributed by atoms with E-state index >= 15 is 0 Å². The summed E-state index contributed by atoms with van der Waals surface area (Å²) in [6, 6.07) is 10.5. The van der Waals surface area contributed by atoms with Gasteiger partial charge in [-0.3, -0.25) is 4.79 Å². The number of hydrogen-bond donors (Lipinski definition) is 0. The first-order valence-corrected chi connectivity index (χ1v) is 11.0. The molecule has 0 saturated heterocycles. The molecule has 7 nitrogen and oxygen atoms in total. The molecule has 0 aliphatic carbocycles. The van der Waals surface area contributed by atoms with Gasteiger partial charge in [0.2, 0.25) is 5.75 Å². The number of ether oxygens (including phenoxy) is 1. The van der Waals surface area contributed by atoms with Crippen molar-refractivity contribution in [2.24, 2.45) is 0 Å². The molecule has 0 unspecified atom stereocenters. The number of hydrogen-bond acceptors (Lipinski definition) is 7. The van der Waals surface area contributed by atoms with E-state index < -0.39 is 10.1 Å². The molecule has 4 aromatic rings. The Morgan fingerprint density at radius 1 is 1.25 bits per heavy atom. The molecule has 0 fully saturated rings. The molecule has 28 heavy (non-hydrogen) atoms. The summed E-state index contributed by atoms with van der Waals surface area (Å²) in [6.45, 7) is 0. The minimum Gasteiger partial charge on any atom is -0.493 e. The fourth-order valence-corrected chi connectivity index (χ4v) is 4.58. The van der Waals surface area contributed by atoms with Crippen LogP contribution in [0.5, 0.6) is 11.5 Å². The number of aromatic nitrogens is 2. The van der Waals surface area contributed by atoms with Crippen molar-refractivity contribution in [3.63, 3.8) is 0 Å². The molecule has 2 aromatic carbocycles. The highest BCUT2D eigenvalue weighted by Crippen LogP contribution is 2.37. The smallest absolute Gasteiger partial charge is 0.306 e. The standard InChI is InChI=1S/C18H13ClN2O5S2/c1-25-14-8-10(7-11(19)16(14)26-28(2,23)24)9-15-17(22)21-13-6-4-3-5-12(13)20-18(21)27-15/h3-9H,1-2H3/b15-9+. The molecule has 2 heterocycles. The number of halogens is 1. The van der Waals surface area contributed by atoms with E-state index in [1.165, 1.54) is 24.5 Å². The lowest BCUT2D eigenvalue weighted by atomic mass is 10.2. The molecule has 0 atom stereocenters. The van der Waals surface area contributed by atoms with Gasteiger partial charge in [0, 0.05) is 0 Å². The highest BCUT2D eigenvalue weighted by atomic mass is 35.5. The molecule has 10 heteroatoms. The Bertz CT molecular complexity index is 1440. The lowest BCUT2D eigenvalue weighted by Gasteiger charge is -2.11. The average molecular weight is 437 g/mol. The fraction of sp³-hybridized carbons (Fsp3) is 0.111. The van der Waals surface area contributed by atoms with Crippen molar-refractivity contribution in [1.29, 1.82) is 0 Å². The minimum absolute atomic E-state index is 0.0512. The van der Waals surface area contributed by atoms with Crippen LogP contribution in [0.1, 0.15) is 5.56 Å². The van der Waals surface area contributed by atoms with Crippen molar-refractivity contribution < 1.29 is 17.3 Å². The Balaban J connectivity index is 1.88. The first-order chi connectivity index (χ1) is 13.3. The number of nitrogens with zero attached hydrogens (tertiary/aromatic N) is 2. The van der Waals surface area contributed by atoms with Gasteiger partial charge in [-0.2, -0.15) is 8.42 Å². The monoisotopic (exact) mass is 436 g/mol. The van der Waals surface area contributed by atoms with Crippen LogP contribution >= 0.6 is 22.9 Å². The van der Waals surface area contributed by atoms with E-state index in [4.69, 9.17) is 20.5 Å². The molecule has 144 valence electrons. The molecule has 0 bridgehead atoms. The topological polar surface area (TPSA) is 87.0 Å². The van der Waals surface area contributed by atoms with Crippen LogP contribution in [0.4, 0.5) is 0 Å². The van der Waals surface area contributed by atoms with E-state index in [0.29, 0.717) is 15.1 Å². The van der Waals surface area contributed by atoms with E-state index in [0.717, 1.165) is 17.3 Å². The lowest BCUT2D eigenvalue weighted by molar-refractivity contribution is 0.391. The molecule has 0 saturated carbocycles. The van der Waals surface area contributed by atoms with Gasteiger partial charge in [0.15, 0.2) is 10.7 Å². The molecule has 0 radical (unpaired) electrons. The third-order valence-electron chi connectivity index (χ3n) is 3.93. The quantitative estimate of drug-likeness (QED) is 0.457. The number of fused-ring (bicyclic) bond motifs is 3. The first kappa shape index (κ1) is 18.7. The lowest BCUT2D eigenvalue weighted by Crippen LogP contribution is -2.22. The number of methoxy groups -OCH3 is 1. The van der Waals surface area contributed by atoms with Crippen molar-refractivity contribution in [1.82, 2.24) is 9.38 Å². The SMILES string of the molecule is COc1cc(/C=c2/sc3nc4ccccc4n3c2=O)cc(Cl)c1OS(C)(=O)=O. The molecule has 4 rings (SSSR count). The highest BCUT2D eigenvalue weighted by molar-refractivity contribution is 7.86. The van der Waals surface area contributed by atoms with Crippen molar-refractivity contribution in [2.75, 3.05) is 13.4 Å². The molecule has 2 aromatic heterocycles. The maximum absolute atomic E-state index is 12.8. The van der Waals surface area contributed by atoms with Gasteiger partial charge >= 0.3 is 10.1 Å². The normalized spacial score (nSPS) is 12.8. The third-order valence-corrected chi connectivity index (χ3v) is 5.65. The predicted molar refractivity (Wildman–Crippen MR) is 109 cm³/mol. The second-order valence-electron chi connectivity index (χ2n) is 5.96. The number of para-hydroxylation sites is 2. The second kappa shape index (κ2) is 6.77. The Hall–Kier alpha value is -2.62. The molecule has 0 spiro atoms. The number of rotatable bonds is 4. The first-order valence-electron chi connectivity index (χ1n) is 7.95. The fourth-order valence-electron chi connectivity index (χ4n) is 2.82. The van der Waals surface area contributed by atoms with Gasteiger partial charge in [0.05, 0.1) is 34.0 Å². The van der Waals surface area contributed by atoms with Crippen LogP contribution in [0.3, 0.4) is 0 Å². The summed E-state index contributed by atoms with van der Waals surface area (Å²) in [5.41, 5.74) is 1.86. The van der Waals surface area contributed by atoms with Crippen LogP contribution in [-0.4, -0.2) is 31.2 Å². The van der Waals surface area contributed by atoms with E-state index in [2.05, 4.69) is 4.98 Å². The Morgan fingerprint density at radius 2 is 2.00 bits per heavy atom. The van der Waals surface area contributed by atoms with Crippen LogP contribution in [-0.2, 0) is 10.1 Å². The van der Waals surface area contributed by atoms with Gasteiger partial charge in [-0.25, -0.2) is 9.38 Å². The van der Waals surface area contributed by atoms with Crippen molar-refractivity contribution in [3.05, 3.63) is 61.9 Å². The van der Waals surface area contributed by atoms with Gasteiger partial charge in [-0.15, -0.1) is 0 Å². The van der Waals surface area contributed by atoms with E-state index in [9.17, 15) is 13.2 Å². The van der Waals surface area contributed by atoms with Crippen LogP contribution in [0.25, 0.3) is 22.1 Å². The molecule has 0 aliphatic rings. The van der Waals surface area contributed by atoms with E-state index in [-0.39, 0.29) is 22.1 Å². The number of benzene rings is 2. The summed E-state index contributed by atoms with van der Waals surface area (Å²) in [5.74, 6) is 0.0431. The highest BCUT2D eigenvalue weighted by Gasteiger charge is 2.17. The summed E-state index contributed by atoms with van der Waals surface area (Å²) in [7, 11) is -2.41. The Kier molecular flexibility index (Phi) is 4.53. The van der Waals surface area contributed by atoms with Crippen LogP contribution < -0.4 is 19.0 Å². The zero-order chi connectivity index (χ0) is 20.1. The van der Waals surface area contributed by atoms with Crippen molar-refractivity contribution in [2.45, 2.75) is 0 Å². The van der Waals surface area contributed by atoms with Gasteiger partial charge in [-0.05, 0) is 35.9 Å². The zero-order valence-electron chi connectivity index (χ0n) is 14.7. The maximum atomic E-state index is 12.8. The zero-order valence-corrected chi connectivity index (χ0v) is 17.1. The minimum atomic E-state index is -3.78. The Morgan fingerprint density at radius 3 is 2.71 bits per heavy atom. The summed E-state index contributed by atoms with van der Waals surface area (Å²) >= 11 is 7.43. The van der Waals surface area contributed by atoms with Gasteiger partial charge in [0.25, 0.3) is 5.56 Å². The van der Waals surface area contributed by atoms with Gasteiger partial charge in [0.1, 0.15) is 0 Å². The summed E-state index contributed by atoms with van der Waals surface area (Å²) in [4.78, 5) is 17.9. The maximum Gasteiger partial charge on any atom is 0.306 e. The van der Waals surface area contributed by atoms with Crippen molar-refractivity contribution in [3.8, 4) is 11.5 Å². The number of imidazole rings is 1. The molecular formula is C18H13ClN2O5S2. The predicted octanol–water partition coefficient (Wildman–Crippen LogP) is 2.46. The molecule has 0 N–H and O–H groups in total. The average Bonchev–Trinajstić information content (AvgIpc) is 3.13. The van der Waals surface area contributed by atoms with Gasteiger partial charge in [-0.1, -0.05) is 35.1 Å². The third kappa shape index (κ3) is 3.32. The van der Waals surface area contributed by atoms with Crippen molar-refractivity contribution >= 4 is 55.1 Å². The summed E-state index contributed by atoms with van der Waals surface area (Å²) in [6.07, 6.45) is 2.56. The molecule has 0 aliphatic heterocycles. The Labute approximate surface area is 168 Å². The van der Waals surface area contributed by atoms with E-state index in [1.54, 1.807) is 16.5 Å². The summed E-state index contributed by atoms with van der Waals surface area (Å²) in [5, 5.41) is 0.0512. The van der Waals surface area contributed by atoms with E-state index in [1.807, 2.05) is 24.3 Å². The summed E-state index contributed by atoms with van der Waals surface area (Å²) < 4.78 is 35.0. The van der Waals surface area contributed by atoms with Crippen LogP contribution in [0.2, 0.25) is 5.02 Å². The molecule has 0 amide bonds. The largest absolute Gasteiger partial charge is 0.493 e. The number of thiazole rings is 1. The molecular weight excluding hydrogens is 424 g/mol.